The summed E-state index contributed by atoms with van der Waals surface area (Å²) in [5.74, 6) is 0.0100. The van der Waals surface area contributed by atoms with Crippen LogP contribution in [0.2, 0.25) is 0 Å². The van der Waals surface area contributed by atoms with Crippen molar-refractivity contribution in [1.29, 1.82) is 0 Å². The molecule has 2 aromatic heterocycles. The van der Waals surface area contributed by atoms with Gasteiger partial charge in [0.05, 0.1) is 11.1 Å². The molecule has 0 spiro atoms. The van der Waals surface area contributed by atoms with Crippen LogP contribution in [0.25, 0.3) is 32.1 Å². The van der Waals surface area contributed by atoms with Crippen LogP contribution < -0.4 is 10.9 Å². The molecule has 5 nitrogen and oxygen atoms in total. The van der Waals surface area contributed by atoms with Gasteiger partial charge in [-0.15, -0.1) is 11.3 Å². The van der Waals surface area contributed by atoms with Gasteiger partial charge in [0.1, 0.15) is 4.83 Å². The normalized spacial score (nSPS) is 13.1. The molecule has 5 aromatic rings. The minimum Gasteiger partial charge on any atom is -0.325 e. The van der Waals surface area contributed by atoms with Crippen molar-refractivity contribution in [3.63, 3.8) is 0 Å². The number of amides is 1. The predicted molar refractivity (Wildman–Crippen MR) is 146 cm³/mol. The quantitative estimate of drug-likeness (QED) is 0.217. The number of nitrogens with one attached hydrogen (secondary N) is 2. The van der Waals surface area contributed by atoms with E-state index >= 15 is 0 Å². The minimum atomic E-state index is -0.166. The number of hydrogen-bond acceptors (Lipinski definition) is 5. The second kappa shape index (κ2) is 9.32. The Morgan fingerprint density at radius 3 is 2.77 bits per heavy atom. The molecule has 0 bridgehead atoms. The van der Waals surface area contributed by atoms with E-state index in [9.17, 15) is 9.59 Å². The Morgan fingerprint density at radius 2 is 1.86 bits per heavy atom. The first-order chi connectivity index (χ1) is 17.2. The molecule has 0 saturated carbocycles. The van der Waals surface area contributed by atoms with E-state index < -0.39 is 0 Å². The number of rotatable bonds is 5. The zero-order valence-corrected chi connectivity index (χ0v) is 20.6. The summed E-state index contributed by atoms with van der Waals surface area (Å²) in [7, 11) is 0. The highest BCUT2D eigenvalue weighted by atomic mass is 32.2. The molecule has 1 aliphatic rings. The van der Waals surface area contributed by atoms with Crippen LogP contribution in [-0.4, -0.2) is 21.6 Å². The first-order valence-electron chi connectivity index (χ1n) is 11.7. The molecule has 3 aromatic carbocycles. The van der Waals surface area contributed by atoms with E-state index in [0.29, 0.717) is 15.4 Å². The summed E-state index contributed by atoms with van der Waals surface area (Å²) in [5, 5.41) is 8.13. The van der Waals surface area contributed by atoms with Crippen LogP contribution in [0.4, 0.5) is 5.69 Å². The fourth-order valence-corrected chi connectivity index (χ4v) is 6.43. The van der Waals surface area contributed by atoms with Crippen LogP contribution >= 0.6 is 23.1 Å². The van der Waals surface area contributed by atoms with E-state index in [0.717, 1.165) is 40.4 Å². The number of benzene rings is 3. The third kappa shape index (κ3) is 4.37. The molecule has 174 valence electrons. The van der Waals surface area contributed by atoms with Crippen molar-refractivity contribution in [2.24, 2.45) is 0 Å². The number of hydrogen-bond donors (Lipinski definition) is 2. The van der Waals surface area contributed by atoms with Gasteiger partial charge in [0.15, 0.2) is 5.16 Å². The monoisotopic (exact) mass is 497 g/mol. The zero-order chi connectivity index (χ0) is 23.8. The number of thioether (sulfide) groups is 1. The second-order valence-electron chi connectivity index (χ2n) is 8.75. The first kappa shape index (κ1) is 22.1. The van der Waals surface area contributed by atoms with E-state index in [1.807, 2.05) is 47.8 Å². The highest BCUT2D eigenvalue weighted by Crippen LogP contribution is 2.34. The summed E-state index contributed by atoms with van der Waals surface area (Å²) in [6, 6.07) is 20.3. The van der Waals surface area contributed by atoms with Gasteiger partial charge in [-0.05, 0) is 53.8 Å². The van der Waals surface area contributed by atoms with Gasteiger partial charge >= 0.3 is 0 Å². The number of thiophene rings is 1. The standard InChI is InChI=1S/C28H23N3O2S2/c32-24(29-23-11-5-9-18-7-3-4-10-21(18)23)16-35-28-30-26(33)25-22(15-34-27(25)31-28)20-13-12-17-6-1-2-8-19(17)14-20/h3-5,7,9-15H,1-2,6,8,16H2,(H,29,32)(H,30,31,33). The van der Waals surface area contributed by atoms with Crippen molar-refractivity contribution in [3.05, 3.63) is 87.5 Å². The Hall–Kier alpha value is -3.42. The van der Waals surface area contributed by atoms with E-state index in [2.05, 4.69) is 33.5 Å². The number of nitrogens with zero attached hydrogens (tertiary/aromatic N) is 1. The average molecular weight is 498 g/mol. The molecule has 0 unspecified atom stereocenters. The fraction of sp³-hybridized carbons (Fsp3) is 0.179. The van der Waals surface area contributed by atoms with Crippen LogP contribution in [0.3, 0.4) is 0 Å². The molecule has 7 heteroatoms. The smallest absolute Gasteiger partial charge is 0.260 e. The number of carbonyl (C=O) groups is 1. The highest BCUT2D eigenvalue weighted by Gasteiger charge is 2.16. The molecule has 35 heavy (non-hydrogen) atoms. The molecule has 0 saturated heterocycles. The summed E-state index contributed by atoms with van der Waals surface area (Å²) in [6.45, 7) is 0. The van der Waals surface area contributed by atoms with Crippen molar-refractivity contribution in [3.8, 4) is 11.1 Å². The average Bonchev–Trinajstić information content (AvgIpc) is 3.32. The summed E-state index contributed by atoms with van der Waals surface area (Å²) in [4.78, 5) is 33.9. The number of fused-ring (bicyclic) bond motifs is 3. The van der Waals surface area contributed by atoms with Crippen LogP contribution in [0.5, 0.6) is 0 Å². The number of aryl methyl sites for hydroxylation is 2. The number of aromatic nitrogens is 2. The maximum absolute atomic E-state index is 13.0. The number of anilines is 1. The molecule has 0 atom stereocenters. The fourth-order valence-electron chi connectivity index (χ4n) is 4.77. The van der Waals surface area contributed by atoms with Gasteiger partial charge in [0.2, 0.25) is 5.91 Å². The second-order valence-corrected chi connectivity index (χ2v) is 10.6. The lowest BCUT2D eigenvalue weighted by Crippen LogP contribution is -2.15. The van der Waals surface area contributed by atoms with Gasteiger partial charge in [0, 0.05) is 22.0 Å². The molecule has 2 N–H and O–H groups in total. The Morgan fingerprint density at radius 1 is 1.03 bits per heavy atom. The van der Waals surface area contributed by atoms with Crippen LogP contribution in [0.1, 0.15) is 24.0 Å². The number of aromatic amines is 1. The largest absolute Gasteiger partial charge is 0.325 e. The summed E-state index contributed by atoms with van der Waals surface area (Å²) < 4.78 is 0. The Kier molecular flexibility index (Phi) is 5.88. The first-order valence-corrected chi connectivity index (χ1v) is 13.6. The van der Waals surface area contributed by atoms with Crippen molar-refractivity contribution in [1.82, 2.24) is 9.97 Å². The predicted octanol–water partition coefficient (Wildman–Crippen LogP) is 6.41. The van der Waals surface area contributed by atoms with E-state index in [1.165, 1.54) is 47.1 Å². The lowest BCUT2D eigenvalue weighted by molar-refractivity contribution is -0.113. The lowest BCUT2D eigenvalue weighted by Gasteiger charge is -2.16. The Labute approximate surface area is 210 Å². The van der Waals surface area contributed by atoms with Crippen LogP contribution in [0, 0.1) is 0 Å². The molecule has 0 fully saturated rings. The topological polar surface area (TPSA) is 74.8 Å². The van der Waals surface area contributed by atoms with Crippen molar-refractivity contribution < 1.29 is 4.79 Å². The molecular weight excluding hydrogens is 474 g/mol. The number of carbonyl (C=O) groups excluding carboxylic acids is 1. The maximum atomic E-state index is 13.0. The molecule has 0 aliphatic heterocycles. The minimum absolute atomic E-state index is 0.143. The molecule has 6 rings (SSSR count). The molecule has 1 aliphatic carbocycles. The van der Waals surface area contributed by atoms with Gasteiger partial charge in [-0.25, -0.2) is 4.98 Å². The molecule has 0 radical (unpaired) electrons. The van der Waals surface area contributed by atoms with E-state index in [1.54, 1.807) is 0 Å². The van der Waals surface area contributed by atoms with E-state index in [4.69, 9.17) is 0 Å². The third-order valence-corrected chi connectivity index (χ3v) is 8.23. The van der Waals surface area contributed by atoms with E-state index in [-0.39, 0.29) is 17.2 Å². The summed E-state index contributed by atoms with van der Waals surface area (Å²) >= 11 is 2.70. The molecule has 2 heterocycles. The summed E-state index contributed by atoms with van der Waals surface area (Å²) in [5.41, 5.74) is 5.42. The highest BCUT2D eigenvalue weighted by molar-refractivity contribution is 7.99. The van der Waals surface area contributed by atoms with Gasteiger partial charge in [0.25, 0.3) is 5.56 Å². The SMILES string of the molecule is O=C(CSc1nc2scc(-c3ccc4c(c3)CCCC4)c2c(=O)[nH]1)Nc1cccc2ccccc12. The Bertz CT molecular complexity index is 1630. The van der Waals surface area contributed by atoms with Crippen molar-refractivity contribution in [2.45, 2.75) is 30.8 Å². The molecule has 1 amide bonds. The van der Waals surface area contributed by atoms with Crippen LogP contribution in [0.15, 0.2) is 76.0 Å². The third-order valence-electron chi connectivity index (χ3n) is 6.49. The number of H-pyrrole nitrogens is 1. The van der Waals surface area contributed by atoms with Crippen molar-refractivity contribution >= 4 is 55.7 Å². The Balaban J connectivity index is 1.21. The maximum Gasteiger partial charge on any atom is 0.260 e. The van der Waals surface area contributed by atoms with Gasteiger partial charge < -0.3 is 10.3 Å². The van der Waals surface area contributed by atoms with Gasteiger partial charge in [-0.3, -0.25) is 9.59 Å². The zero-order valence-electron chi connectivity index (χ0n) is 19.0. The van der Waals surface area contributed by atoms with Crippen molar-refractivity contribution in [2.75, 3.05) is 11.1 Å². The van der Waals surface area contributed by atoms with Gasteiger partial charge in [-0.1, -0.05) is 66.4 Å². The summed E-state index contributed by atoms with van der Waals surface area (Å²) in [6.07, 6.45) is 4.70. The van der Waals surface area contributed by atoms with Crippen LogP contribution in [-0.2, 0) is 17.6 Å². The lowest BCUT2D eigenvalue weighted by atomic mass is 9.89. The molecular formula is C28H23N3O2S2. The van der Waals surface area contributed by atoms with Gasteiger partial charge in [-0.2, -0.15) is 0 Å².